The lowest BCUT2D eigenvalue weighted by Crippen LogP contribution is -2.31. The van der Waals surface area contributed by atoms with Gasteiger partial charge in [-0.25, -0.2) is 18.4 Å². The van der Waals surface area contributed by atoms with E-state index in [1.807, 2.05) is 0 Å². The molecular formula is C4H5NO4S. The molecule has 0 amide bonds. The zero-order chi connectivity index (χ0) is 7.78. The van der Waals surface area contributed by atoms with Crippen molar-refractivity contribution in [1.82, 2.24) is 0 Å². The van der Waals surface area contributed by atoms with E-state index in [1.165, 1.54) is 0 Å². The van der Waals surface area contributed by atoms with Gasteiger partial charge in [0.1, 0.15) is 0 Å². The number of cyclic esters (lactones) is 1. The van der Waals surface area contributed by atoms with E-state index < -0.39 is 21.2 Å². The first-order chi connectivity index (χ1) is 4.52. The van der Waals surface area contributed by atoms with E-state index in [1.54, 1.807) is 0 Å². The molecule has 5 nitrogen and oxygen atoms in total. The number of hydrogen-bond acceptors (Lipinski definition) is 4. The van der Waals surface area contributed by atoms with Crippen LogP contribution in [0.5, 0.6) is 0 Å². The first-order valence-electron chi connectivity index (χ1n) is 2.40. The highest BCUT2D eigenvalue weighted by Gasteiger charge is 2.31. The molecule has 1 aliphatic heterocycles. The molecule has 0 aromatic heterocycles. The van der Waals surface area contributed by atoms with Gasteiger partial charge in [-0.2, -0.15) is 0 Å². The summed E-state index contributed by atoms with van der Waals surface area (Å²) in [6, 6.07) is 0. The Kier molecular flexibility index (Phi) is 1.49. The molecule has 0 radical (unpaired) electrons. The van der Waals surface area contributed by atoms with E-state index in [0.717, 1.165) is 12.3 Å². The fraction of sp³-hybridized carbons (Fsp3) is 0.250. The summed E-state index contributed by atoms with van der Waals surface area (Å²) in [5.41, 5.74) is 0. The van der Waals surface area contributed by atoms with Crippen molar-refractivity contribution in [3.8, 4) is 0 Å². The molecule has 56 valence electrons. The summed E-state index contributed by atoms with van der Waals surface area (Å²) in [5.74, 6) is -0.845. The summed E-state index contributed by atoms with van der Waals surface area (Å²) < 4.78 is 25.2. The van der Waals surface area contributed by atoms with Gasteiger partial charge in [-0.15, -0.1) is 0 Å². The highest BCUT2D eigenvalue weighted by atomic mass is 32.2. The molecule has 0 spiro atoms. The predicted octanol–water partition coefficient (Wildman–Crippen LogP) is -1.29. The summed E-state index contributed by atoms with van der Waals surface area (Å²) in [4.78, 5) is 10.5. The number of carbonyl (C=O) groups excluding carboxylic acids is 1. The smallest absolute Gasteiger partial charge is 0.334 e. The van der Waals surface area contributed by atoms with Gasteiger partial charge < -0.3 is 4.74 Å². The van der Waals surface area contributed by atoms with Crippen molar-refractivity contribution in [1.29, 1.82) is 0 Å². The molecule has 1 rings (SSSR count). The minimum atomic E-state index is -3.81. The van der Waals surface area contributed by atoms with Crippen LogP contribution >= 0.6 is 0 Å². The molecule has 0 bridgehead atoms. The minimum Gasteiger partial charge on any atom is -0.434 e. The predicted molar refractivity (Wildman–Crippen MR) is 32.1 cm³/mol. The Morgan fingerprint density at radius 1 is 1.60 bits per heavy atom. The van der Waals surface area contributed by atoms with Crippen LogP contribution in [-0.2, 0) is 19.6 Å². The maximum Gasteiger partial charge on any atom is 0.334 e. The van der Waals surface area contributed by atoms with Crippen LogP contribution < -0.4 is 5.14 Å². The molecule has 0 saturated carbocycles. The van der Waals surface area contributed by atoms with E-state index >= 15 is 0 Å². The molecule has 0 saturated heterocycles. The number of ether oxygens (including phenoxy) is 1. The largest absolute Gasteiger partial charge is 0.434 e. The molecule has 2 N–H and O–H groups in total. The van der Waals surface area contributed by atoms with Crippen molar-refractivity contribution < 1.29 is 17.9 Å². The Balaban J connectivity index is 2.95. The van der Waals surface area contributed by atoms with Gasteiger partial charge in [-0.05, 0) is 6.08 Å². The third kappa shape index (κ3) is 1.17. The van der Waals surface area contributed by atoms with Gasteiger partial charge in [-0.1, -0.05) is 0 Å². The SMILES string of the molecule is NS(=O)(=O)C1C=COC1=O. The second-order valence-electron chi connectivity index (χ2n) is 1.78. The van der Waals surface area contributed by atoms with Gasteiger partial charge in [0, 0.05) is 0 Å². The zero-order valence-corrected chi connectivity index (χ0v) is 5.67. The van der Waals surface area contributed by atoms with Crippen molar-refractivity contribution in [3.05, 3.63) is 12.3 Å². The average molecular weight is 163 g/mol. The molecule has 6 heteroatoms. The Bertz CT molecular complexity index is 278. The van der Waals surface area contributed by atoms with Crippen molar-refractivity contribution in [3.63, 3.8) is 0 Å². The second-order valence-corrected chi connectivity index (χ2v) is 3.46. The number of sulfonamides is 1. The average Bonchev–Trinajstić information content (AvgIpc) is 2.11. The lowest BCUT2D eigenvalue weighted by Gasteiger charge is -1.98. The van der Waals surface area contributed by atoms with Gasteiger partial charge in [0.2, 0.25) is 10.0 Å². The third-order valence-electron chi connectivity index (χ3n) is 1.02. The van der Waals surface area contributed by atoms with Gasteiger partial charge in [0.05, 0.1) is 6.26 Å². The topological polar surface area (TPSA) is 86.5 Å². The van der Waals surface area contributed by atoms with Crippen molar-refractivity contribution in [2.45, 2.75) is 5.25 Å². The monoisotopic (exact) mass is 163 g/mol. The minimum absolute atomic E-state index is 0.845. The van der Waals surface area contributed by atoms with Gasteiger partial charge in [0.15, 0.2) is 5.25 Å². The van der Waals surface area contributed by atoms with Gasteiger partial charge in [-0.3, -0.25) is 0 Å². The third-order valence-corrected chi connectivity index (χ3v) is 2.08. The summed E-state index contributed by atoms with van der Waals surface area (Å²) in [6.45, 7) is 0. The maximum absolute atomic E-state index is 10.5. The summed E-state index contributed by atoms with van der Waals surface area (Å²) >= 11 is 0. The Hall–Kier alpha value is -0.880. The second kappa shape index (κ2) is 2.06. The van der Waals surface area contributed by atoms with Crippen LogP contribution in [0.4, 0.5) is 0 Å². The fourth-order valence-corrected chi connectivity index (χ4v) is 1.17. The first kappa shape index (κ1) is 7.23. The lowest BCUT2D eigenvalue weighted by atomic mass is 10.5. The molecular weight excluding hydrogens is 158 g/mol. The zero-order valence-electron chi connectivity index (χ0n) is 4.85. The molecule has 0 fully saturated rings. The Morgan fingerprint density at radius 2 is 2.20 bits per heavy atom. The van der Waals surface area contributed by atoms with Gasteiger partial charge in [0.25, 0.3) is 0 Å². The molecule has 1 unspecified atom stereocenters. The number of nitrogens with two attached hydrogens (primary N) is 1. The number of esters is 1. The summed E-state index contributed by atoms with van der Waals surface area (Å²) in [6.07, 6.45) is 2.11. The number of primary sulfonamides is 1. The molecule has 1 heterocycles. The van der Waals surface area contributed by atoms with Crippen LogP contribution in [0.1, 0.15) is 0 Å². The highest BCUT2D eigenvalue weighted by Crippen LogP contribution is 2.08. The van der Waals surface area contributed by atoms with Gasteiger partial charge >= 0.3 is 5.97 Å². The molecule has 1 atom stereocenters. The number of hydrogen-bond donors (Lipinski definition) is 1. The first-order valence-corrected chi connectivity index (χ1v) is 4.01. The van der Waals surface area contributed by atoms with Crippen molar-refractivity contribution >= 4 is 16.0 Å². The summed E-state index contributed by atoms with van der Waals surface area (Å²) in [7, 11) is -3.81. The van der Waals surface area contributed by atoms with Crippen LogP contribution in [0.25, 0.3) is 0 Å². The van der Waals surface area contributed by atoms with Crippen LogP contribution in [0.15, 0.2) is 12.3 Å². The fourth-order valence-electron chi connectivity index (χ4n) is 0.567. The lowest BCUT2D eigenvalue weighted by molar-refractivity contribution is -0.134. The van der Waals surface area contributed by atoms with E-state index in [4.69, 9.17) is 0 Å². The van der Waals surface area contributed by atoms with Crippen LogP contribution in [-0.4, -0.2) is 19.6 Å². The van der Waals surface area contributed by atoms with Crippen molar-refractivity contribution in [2.24, 2.45) is 5.14 Å². The van der Waals surface area contributed by atoms with Crippen molar-refractivity contribution in [2.75, 3.05) is 0 Å². The quantitative estimate of drug-likeness (QED) is 0.487. The normalized spacial score (nSPS) is 24.9. The van der Waals surface area contributed by atoms with Crippen LogP contribution in [0.2, 0.25) is 0 Å². The number of carbonyl (C=O) groups is 1. The Labute approximate surface area is 57.5 Å². The molecule has 1 aliphatic rings. The van der Waals surface area contributed by atoms with E-state index in [9.17, 15) is 13.2 Å². The van der Waals surface area contributed by atoms with Crippen LogP contribution in [0, 0.1) is 0 Å². The standard InChI is InChI=1S/C4H5NO4S/c5-10(7,8)3-1-2-9-4(3)6/h1-3H,(H2,5,7,8). The van der Waals surface area contributed by atoms with Crippen LogP contribution in [0.3, 0.4) is 0 Å². The Morgan fingerprint density at radius 3 is 2.40 bits per heavy atom. The molecule has 0 aliphatic carbocycles. The maximum atomic E-state index is 10.5. The molecule has 0 aromatic carbocycles. The highest BCUT2D eigenvalue weighted by molar-refractivity contribution is 7.90. The van der Waals surface area contributed by atoms with E-state index in [2.05, 4.69) is 9.88 Å². The molecule has 10 heavy (non-hydrogen) atoms. The molecule has 0 aromatic rings. The van der Waals surface area contributed by atoms with E-state index in [0.29, 0.717) is 0 Å². The summed E-state index contributed by atoms with van der Waals surface area (Å²) in [5, 5.41) is 3.34. The van der Waals surface area contributed by atoms with E-state index in [-0.39, 0.29) is 0 Å². The number of rotatable bonds is 1.